The van der Waals surface area contributed by atoms with Gasteiger partial charge in [0.25, 0.3) is 11.6 Å². The molecule has 1 aromatic carbocycles. The predicted octanol–water partition coefficient (Wildman–Crippen LogP) is 6.54. The van der Waals surface area contributed by atoms with Gasteiger partial charge in [-0.2, -0.15) is 0 Å². The number of non-ortho nitro benzene ring substituents is 1. The maximum atomic E-state index is 12.4. The molecule has 1 aromatic heterocycles. The van der Waals surface area contributed by atoms with Crippen molar-refractivity contribution in [3.63, 3.8) is 0 Å². The molecule has 0 fully saturated rings. The van der Waals surface area contributed by atoms with E-state index in [1.54, 1.807) is 26.0 Å². The minimum atomic E-state index is -0.968. The van der Waals surface area contributed by atoms with Gasteiger partial charge in [0, 0.05) is 24.1 Å². The van der Waals surface area contributed by atoms with Crippen LogP contribution >= 0.6 is 0 Å². The second kappa shape index (κ2) is 12.1. The lowest BCUT2D eigenvalue weighted by atomic mass is 10.0. The Labute approximate surface area is 205 Å². The first-order chi connectivity index (χ1) is 16.4. The van der Waals surface area contributed by atoms with E-state index in [0.717, 1.165) is 27.9 Å². The largest absolute Gasteiger partial charge is 0.468 e. The van der Waals surface area contributed by atoms with Gasteiger partial charge in [0.2, 0.25) is 0 Å². The van der Waals surface area contributed by atoms with Crippen LogP contribution < -0.4 is 10.2 Å². The molecule has 2 rings (SSSR count). The number of nitrogens with zero attached hydrogens (tertiary/aromatic N) is 1. The Morgan fingerprint density at radius 2 is 1.60 bits per heavy atom. The molecular formula is C28H33NO6. The summed E-state index contributed by atoms with van der Waals surface area (Å²) in [5, 5.41) is 21.5. The zero-order valence-corrected chi connectivity index (χ0v) is 21.3. The number of hydrogen-bond acceptors (Lipinski definition) is 6. The Hall–Kier alpha value is -3.71. The summed E-state index contributed by atoms with van der Waals surface area (Å²) in [6, 6.07) is 6.41. The third kappa shape index (κ3) is 7.65. The van der Waals surface area contributed by atoms with Crippen LogP contribution in [0.15, 0.2) is 74.0 Å². The van der Waals surface area contributed by atoms with Gasteiger partial charge in [-0.3, -0.25) is 14.9 Å². The lowest BCUT2D eigenvalue weighted by molar-refractivity contribution is -0.384. The molecule has 0 saturated heterocycles. The predicted molar refractivity (Wildman–Crippen MR) is 139 cm³/mol. The first-order valence-electron chi connectivity index (χ1n) is 11.3. The van der Waals surface area contributed by atoms with Crippen molar-refractivity contribution >= 4 is 11.8 Å². The molecule has 0 saturated carbocycles. The van der Waals surface area contributed by atoms with E-state index >= 15 is 0 Å². The van der Waals surface area contributed by atoms with Crippen LogP contribution in [-0.2, 0) is 0 Å². The third-order valence-corrected chi connectivity index (χ3v) is 5.45. The first kappa shape index (κ1) is 27.5. The fraction of sp³-hybridized carbons (Fsp3) is 0.321. The summed E-state index contributed by atoms with van der Waals surface area (Å²) in [6.07, 6.45) is 7.34. The summed E-state index contributed by atoms with van der Waals surface area (Å²) < 4.78 is 10.8. The van der Waals surface area contributed by atoms with Crippen LogP contribution in [0.25, 0.3) is 6.08 Å². The number of nitro groups is 1. The highest BCUT2D eigenvalue weighted by Crippen LogP contribution is 2.28. The zero-order valence-electron chi connectivity index (χ0n) is 21.3. The van der Waals surface area contributed by atoms with Gasteiger partial charge in [0.15, 0.2) is 5.43 Å². The molecule has 7 heteroatoms. The molecule has 0 radical (unpaired) electrons. The number of aliphatic hydroxyl groups is 1. The second-order valence-electron chi connectivity index (χ2n) is 8.76. The average Bonchev–Trinajstić information content (AvgIpc) is 2.77. The molecule has 1 atom stereocenters. The Kier molecular flexibility index (Phi) is 9.54. The summed E-state index contributed by atoms with van der Waals surface area (Å²) in [5.74, 6) is 0.334. The lowest BCUT2D eigenvalue weighted by Crippen LogP contribution is -2.15. The molecule has 35 heavy (non-hydrogen) atoms. The average molecular weight is 480 g/mol. The number of benzene rings is 1. The molecule has 186 valence electrons. The van der Waals surface area contributed by atoms with Gasteiger partial charge in [-0.25, -0.2) is 0 Å². The van der Waals surface area contributed by atoms with Gasteiger partial charge in [0.05, 0.1) is 17.6 Å². The first-order valence-corrected chi connectivity index (χ1v) is 11.3. The van der Waals surface area contributed by atoms with Gasteiger partial charge in [-0.1, -0.05) is 46.6 Å². The normalized spacial score (nSPS) is 14.2. The highest BCUT2D eigenvalue weighted by Gasteiger charge is 2.20. The highest BCUT2D eigenvalue weighted by molar-refractivity contribution is 5.57. The summed E-state index contributed by atoms with van der Waals surface area (Å²) in [7, 11) is 1.43. The molecule has 0 spiro atoms. The van der Waals surface area contributed by atoms with Crippen LogP contribution in [0.4, 0.5) is 5.69 Å². The Morgan fingerprint density at radius 3 is 2.17 bits per heavy atom. The molecule has 1 N–H and O–H groups in total. The van der Waals surface area contributed by atoms with E-state index in [9.17, 15) is 20.0 Å². The SMILES string of the molecule is COc1oc(C(O)CC(C)=CC(C)=CC(C)=CC(C)=Cc2ccc([N+](=O)[O-])cc2)c(C)c(=O)c1C. The third-order valence-electron chi connectivity index (χ3n) is 5.45. The number of nitro benzene ring substituents is 1. The Balaban J connectivity index is 2.14. The van der Waals surface area contributed by atoms with Gasteiger partial charge in [-0.15, -0.1) is 0 Å². The zero-order chi connectivity index (χ0) is 26.3. The topological polar surface area (TPSA) is 103 Å². The van der Waals surface area contributed by atoms with E-state index in [0.29, 0.717) is 17.5 Å². The van der Waals surface area contributed by atoms with E-state index in [2.05, 4.69) is 0 Å². The van der Waals surface area contributed by atoms with E-state index in [4.69, 9.17) is 9.15 Å². The Bertz CT molecular complexity index is 1260. The minimum absolute atomic E-state index is 0.0659. The molecule has 0 aliphatic carbocycles. The van der Waals surface area contributed by atoms with E-state index in [-0.39, 0.29) is 22.8 Å². The fourth-order valence-corrected chi connectivity index (χ4v) is 3.90. The summed E-state index contributed by atoms with van der Waals surface area (Å²) in [4.78, 5) is 22.8. The molecule has 0 amide bonds. The van der Waals surface area contributed by atoms with Crippen molar-refractivity contribution in [3.05, 3.63) is 108 Å². The molecule has 0 bridgehead atoms. The maximum Gasteiger partial charge on any atom is 0.291 e. The molecule has 1 heterocycles. The van der Waals surface area contributed by atoms with Gasteiger partial charge < -0.3 is 14.3 Å². The molecule has 0 aliphatic rings. The Morgan fingerprint density at radius 1 is 1.03 bits per heavy atom. The van der Waals surface area contributed by atoms with Crippen molar-refractivity contribution in [2.45, 2.75) is 54.1 Å². The highest BCUT2D eigenvalue weighted by atomic mass is 16.6. The summed E-state index contributed by atoms with van der Waals surface area (Å²) in [6.45, 7) is 11.1. The summed E-state index contributed by atoms with van der Waals surface area (Å²) in [5.41, 5.74) is 5.50. The number of allylic oxidation sites excluding steroid dienone is 6. The number of ether oxygens (including phenoxy) is 1. The van der Waals surface area contributed by atoms with Crippen LogP contribution in [-0.4, -0.2) is 17.1 Å². The van der Waals surface area contributed by atoms with Gasteiger partial charge in [0.1, 0.15) is 11.9 Å². The van der Waals surface area contributed by atoms with E-state index < -0.39 is 11.0 Å². The number of rotatable bonds is 9. The van der Waals surface area contributed by atoms with Crippen LogP contribution in [0.2, 0.25) is 0 Å². The number of hydrogen-bond donors (Lipinski definition) is 1. The van der Waals surface area contributed by atoms with Crippen LogP contribution in [0, 0.1) is 24.0 Å². The maximum absolute atomic E-state index is 12.4. The van der Waals surface area contributed by atoms with Crippen LogP contribution in [0.1, 0.15) is 62.7 Å². The van der Waals surface area contributed by atoms with Crippen molar-refractivity contribution in [1.29, 1.82) is 0 Å². The second-order valence-corrected chi connectivity index (χ2v) is 8.76. The molecule has 0 aliphatic heterocycles. The summed E-state index contributed by atoms with van der Waals surface area (Å²) >= 11 is 0. The van der Waals surface area contributed by atoms with Crippen molar-refractivity contribution in [1.82, 2.24) is 0 Å². The number of aliphatic hydroxyl groups excluding tert-OH is 1. The van der Waals surface area contributed by atoms with Crippen LogP contribution in [0.3, 0.4) is 0 Å². The lowest BCUT2D eigenvalue weighted by Gasteiger charge is -2.15. The van der Waals surface area contributed by atoms with Crippen LogP contribution in [0.5, 0.6) is 5.95 Å². The quantitative estimate of drug-likeness (QED) is 0.249. The van der Waals surface area contributed by atoms with Crippen molar-refractivity contribution in [2.24, 2.45) is 0 Å². The van der Waals surface area contributed by atoms with Crippen molar-refractivity contribution in [2.75, 3.05) is 7.11 Å². The monoisotopic (exact) mass is 479 g/mol. The van der Waals surface area contributed by atoms with E-state index in [1.165, 1.54) is 19.2 Å². The molecular weight excluding hydrogens is 446 g/mol. The molecule has 7 nitrogen and oxygen atoms in total. The molecule has 1 unspecified atom stereocenters. The minimum Gasteiger partial charge on any atom is -0.468 e. The van der Waals surface area contributed by atoms with Gasteiger partial charge in [-0.05, 0) is 59.2 Å². The van der Waals surface area contributed by atoms with Crippen molar-refractivity contribution < 1.29 is 19.2 Å². The van der Waals surface area contributed by atoms with Crippen molar-refractivity contribution in [3.8, 4) is 5.95 Å². The van der Waals surface area contributed by atoms with Gasteiger partial charge >= 0.3 is 0 Å². The standard InChI is InChI=1S/C28H33NO6/c1-17(13-19(3)15-23-8-10-24(11-9-23)29(32)33)12-18(2)14-20(4)16-25(30)27-21(5)26(31)22(6)28(34-7)35-27/h8-15,25,30H,16H2,1-7H3. The fourth-order valence-electron chi connectivity index (χ4n) is 3.90. The van der Waals surface area contributed by atoms with E-state index in [1.807, 2.05) is 52.0 Å². The smallest absolute Gasteiger partial charge is 0.291 e. The number of methoxy groups -OCH3 is 1. The molecule has 2 aromatic rings.